The van der Waals surface area contributed by atoms with Crippen LogP contribution < -0.4 is 5.73 Å². The number of halogens is 2. The largest absolute Gasteiger partial charge is 0.444 e. The molecule has 0 aromatic heterocycles. The Kier molecular flexibility index (Phi) is 4.37. The number of hydrogen-bond acceptors (Lipinski definition) is 3. The summed E-state index contributed by atoms with van der Waals surface area (Å²) >= 11 is 0. The fourth-order valence-electron chi connectivity index (χ4n) is 1.95. The van der Waals surface area contributed by atoms with E-state index in [9.17, 15) is 18.4 Å². The van der Waals surface area contributed by atoms with E-state index in [1.165, 1.54) is 4.90 Å². The quantitative estimate of drug-likeness (QED) is 0.836. The highest BCUT2D eigenvalue weighted by Gasteiger charge is 2.47. The van der Waals surface area contributed by atoms with Crippen molar-refractivity contribution in [2.45, 2.75) is 45.1 Å². The Hall–Kier alpha value is -1.40. The van der Waals surface area contributed by atoms with Gasteiger partial charge in [-0.15, -0.1) is 0 Å². The summed E-state index contributed by atoms with van der Waals surface area (Å²) in [6.45, 7) is 5.49. The first-order chi connectivity index (χ1) is 8.54. The molecule has 0 aliphatic carbocycles. The van der Waals surface area contributed by atoms with Gasteiger partial charge in [-0.2, -0.15) is 8.78 Å². The van der Waals surface area contributed by atoms with Crippen LogP contribution in [0.1, 0.15) is 33.6 Å². The van der Waals surface area contributed by atoms with E-state index in [2.05, 4.69) is 5.73 Å². The number of amides is 2. The summed E-state index contributed by atoms with van der Waals surface area (Å²) in [6.07, 6.45) is -0.446. The van der Waals surface area contributed by atoms with Crippen LogP contribution in [0.4, 0.5) is 13.6 Å². The standard InChI is InChI=1S/C12H20F2N2O3/c1-11(2,3)19-10(18)16-6-4-8(5-7-16)12(13,14)9(15)17/h8H,4-7H2,1-3H3,(H2,15,17). The summed E-state index contributed by atoms with van der Waals surface area (Å²) < 4.78 is 32.0. The van der Waals surface area contributed by atoms with Crippen LogP contribution in [0.25, 0.3) is 0 Å². The van der Waals surface area contributed by atoms with E-state index in [1.54, 1.807) is 20.8 Å². The molecule has 1 rings (SSSR count). The molecule has 2 N–H and O–H groups in total. The van der Waals surface area contributed by atoms with E-state index < -0.39 is 29.4 Å². The van der Waals surface area contributed by atoms with E-state index in [0.717, 1.165) is 0 Å². The van der Waals surface area contributed by atoms with Gasteiger partial charge in [-0.25, -0.2) is 4.79 Å². The molecule has 0 radical (unpaired) electrons. The molecule has 5 nitrogen and oxygen atoms in total. The molecule has 0 saturated carbocycles. The van der Waals surface area contributed by atoms with Gasteiger partial charge in [0.05, 0.1) is 0 Å². The van der Waals surface area contributed by atoms with Gasteiger partial charge in [0, 0.05) is 19.0 Å². The van der Waals surface area contributed by atoms with Crippen molar-refractivity contribution < 1.29 is 23.1 Å². The van der Waals surface area contributed by atoms with Crippen LogP contribution in [-0.4, -0.2) is 41.5 Å². The van der Waals surface area contributed by atoms with Crippen molar-refractivity contribution in [1.82, 2.24) is 4.90 Å². The monoisotopic (exact) mass is 278 g/mol. The summed E-state index contributed by atoms with van der Waals surface area (Å²) in [5, 5.41) is 0. The Bertz CT molecular complexity index is 358. The van der Waals surface area contributed by atoms with Gasteiger partial charge in [-0.1, -0.05) is 0 Å². The van der Waals surface area contributed by atoms with Crippen molar-refractivity contribution in [2.24, 2.45) is 11.7 Å². The van der Waals surface area contributed by atoms with Crippen molar-refractivity contribution in [3.63, 3.8) is 0 Å². The third kappa shape index (κ3) is 4.04. The van der Waals surface area contributed by atoms with Crippen LogP contribution in [0.5, 0.6) is 0 Å². The lowest BCUT2D eigenvalue weighted by molar-refractivity contribution is -0.153. The van der Waals surface area contributed by atoms with Gasteiger partial charge in [0.15, 0.2) is 0 Å². The van der Waals surface area contributed by atoms with Crippen molar-refractivity contribution in [1.29, 1.82) is 0 Å². The van der Waals surface area contributed by atoms with E-state index >= 15 is 0 Å². The molecule has 0 atom stereocenters. The highest BCUT2D eigenvalue weighted by molar-refractivity contribution is 5.82. The van der Waals surface area contributed by atoms with E-state index in [0.29, 0.717) is 0 Å². The normalized spacial score (nSPS) is 18.3. The van der Waals surface area contributed by atoms with Crippen LogP contribution in [0, 0.1) is 5.92 Å². The molecule has 0 bridgehead atoms. The predicted molar refractivity (Wildman–Crippen MR) is 64.7 cm³/mol. The molecule has 110 valence electrons. The molecular weight excluding hydrogens is 258 g/mol. The van der Waals surface area contributed by atoms with Crippen molar-refractivity contribution in [2.75, 3.05) is 13.1 Å². The maximum atomic E-state index is 13.4. The number of nitrogens with two attached hydrogens (primary N) is 1. The second-order valence-electron chi connectivity index (χ2n) is 5.73. The average molecular weight is 278 g/mol. The number of carbonyl (C=O) groups is 2. The van der Waals surface area contributed by atoms with E-state index in [-0.39, 0.29) is 25.9 Å². The lowest BCUT2D eigenvalue weighted by Crippen LogP contribution is -2.49. The van der Waals surface area contributed by atoms with Crippen LogP contribution in [0.2, 0.25) is 0 Å². The van der Waals surface area contributed by atoms with Gasteiger partial charge in [-0.3, -0.25) is 4.79 Å². The molecule has 0 unspecified atom stereocenters. The summed E-state index contributed by atoms with van der Waals surface area (Å²) in [5.74, 6) is -6.23. The minimum absolute atomic E-state index is 0.0369. The zero-order chi connectivity index (χ0) is 14.8. The van der Waals surface area contributed by atoms with Gasteiger partial charge < -0.3 is 15.4 Å². The third-order valence-electron chi connectivity index (χ3n) is 2.99. The van der Waals surface area contributed by atoms with E-state index in [1.807, 2.05) is 0 Å². The topological polar surface area (TPSA) is 72.6 Å². The van der Waals surface area contributed by atoms with Gasteiger partial charge in [-0.05, 0) is 33.6 Å². The first-order valence-electron chi connectivity index (χ1n) is 6.19. The molecule has 7 heteroatoms. The van der Waals surface area contributed by atoms with Crippen molar-refractivity contribution in [3.8, 4) is 0 Å². The Morgan fingerprint density at radius 2 is 1.68 bits per heavy atom. The molecule has 19 heavy (non-hydrogen) atoms. The molecule has 2 amide bonds. The molecule has 1 fully saturated rings. The Labute approximate surface area is 111 Å². The second-order valence-corrected chi connectivity index (χ2v) is 5.73. The lowest BCUT2D eigenvalue weighted by Gasteiger charge is -2.35. The predicted octanol–water partition coefficient (Wildman–Crippen LogP) is 1.75. The van der Waals surface area contributed by atoms with Crippen LogP contribution in [-0.2, 0) is 9.53 Å². The SMILES string of the molecule is CC(C)(C)OC(=O)N1CCC(C(F)(F)C(N)=O)CC1. The maximum Gasteiger partial charge on any atom is 0.410 e. The molecule has 1 saturated heterocycles. The Morgan fingerprint density at radius 1 is 1.21 bits per heavy atom. The Morgan fingerprint density at radius 3 is 2.05 bits per heavy atom. The Balaban J connectivity index is 2.54. The number of rotatable bonds is 2. The molecule has 1 aliphatic heterocycles. The molecule has 1 heterocycles. The van der Waals surface area contributed by atoms with Crippen molar-refractivity contribution in [3.05, 3.63) is 0 Å². The number of primary amides is 1. The zero-order valence-electron chi connectivity index (χ0n) is 11.4. The number of likely N-dealkylation sites (tertiary alicyclic amines) is 1. The molecule has 0 aromatic rings. The molecule has 0 aromatic carbocycles. The highest BCUT2D eigenvalue weighted by atomic mass is 19.3. The average Bonchev–Trinajstić information content (AvgIpc) is 2.26. The van der Waals surface area contributed by atoms with Gasteiger partial charge >= 0.3 is 12.0 Å². The van der Waals surface area contributed by atoms with Crippen LogP contribution in [0.3, 0.4) is 0 Å². The maximum absolute atomic E-state index is 13.4. The van der Waals surface area contributed by atoms with Gasteiger partial charge in [0.25, 0.3) is 5.91 Å². The molecular formula is C12H20F2N2O3. The van der Waals surface area contributed by atoms with Crippen LogP contribution in [0.15, 0.2) is 0 Å². The van der Waals surface area contributed by atoms with Gasteiger partial charge in [0.1, 0.15) is 5.60 Å². The van der Waals surface area contributed by atoms with Crippen molar-refractivity contribution >= 4 is 12.0 Å². The number of ether oxygens (including phenoxy) is 1. The van der Waals surface area contributed by atoms with Crippen LogP contribution >= 0.6 is 0 Å². The summed E-state index contributed by atoms with van der Waals surface area (Å²) in [4.78, 5) is 23.8. The number of piperidine rings is 1. The number of carbonyl (C=O) groups excluding carboxylic acids is 2. The fraction of sp³-hybridized carbons (Fsp3) is 0.833. The van der Waals surface area contributed by atoms with Gasteiger partial charge in [0.2, 0.25) is 0 Å². The highest BCUT2D eigenvalue weighted by Crippen LogP contribution is 2.33. The number of alkyl halides is 2. The molecule has 0 spiro atoms. The second kappa shape index (κ2) is 5.30. The number of hydrogen-bond donors (Lipinski definition) is 1. The third-order valence-corrected chi connectivity index (χ3v) is 2.99. The lowest BCUT2D eigenvalue weighted by atomic mass is 9.90. The first-order valence-corrected chi connectivity index (χ1v) is 6.19. The van der Waals surface area contributed by atoms with E-state index in [4.69, 9.17) is 4.74 Å². The first kappa shape index (κ1) is 15.7. The zero-order valence-corrected chi connectivity index (χ0v) is 11.4. The summed E-state index contributed by atoms with van der Waals surface area (Å²) in [7, 11) is 0. The fourth-order valence-corrected chi connectivity index (χ4v) is 1.95. The minimum atomic E-state index is -3.51. The molecule has 1 aliphatic rings. The summed E-state index contributed by atoms with van der Waals surface area (Å²) in [6, 6.07) is 0. The summed E-state index contributed by atoms with van der Waals surface area (Å²) in [5.41, 5.74) is 4.06. The number of nitrogens with zero attached hydrogens (tertiary/aromatic N) is 1. The smallest absolute Gasteiger partial charge is 0.410 e. The minimum Gasteiger partial charge on any atom is -0.444 e.